The van der Waals surface area contributed by atoms with Crippen LogP contribution < -0.4 is 0 Å². The van der Waals surface area contributed by atoms with Gasteiger partial charge in [-0.05, 0) is 67.8 Å². The van der Waals surface area contributed by atoms with Crippen LogP contribution in [-0.4, -0.2) is 31.4 Å². The molecule has 4 heterocycles. The Kier molecular flexibility index (Phi) is 4.70. The molecule has 1 aromatic carbocycles. The first-order valence-corrected chi connectivity index (χ1v) is 11.3. The Morgan fingerprint density at radius 1 is 1.07 bits per heavy atom. The van der Waals surface area contributed by atoms with Gasteiger partial charge in [0.25, 0.3) is 0 Å². The molecule has 2 aromatic heterocycles. The smallest absolute Gasteiger partial charge is 0.160 e. The molecule has 29 heavy (non-hydrogen) atoms. The van der Waals surface area contributed by atoms with Crippen molar-refractivity contribution in [2.45, 2.75) is 45.3 Å². The van der Waals surface area contributed by atoms with Gasteiger partial charge in [-0.25, -0.2) is 0 Å². The van der Waals surface area contributed by atoms with Crippen LogP contribution in [0.5, 0.6) is 0 Å². The van der Waals surface area contributed by atoms with Crippen molar-refractivity contribution in [3.05, 3.63) is 83.4 Å². The molecule has 0 N–H and O–H groups in total. The van der Waals surface area contributed by atoms with E-state index in [-0.39, 0.29) is 12.1 Å². The van der Waals surface area contributed by atoms with E-state index in [2.05, 4.69) is 83.9 Å². The maximum atomic E-state index is 5.15. The SMILES string of the molecule is CC[C@@H]1CSC2=N[C@@H](c3ccccn3)[C@H](c3cccn3-c3ccc(C)c(C)c3)N21. The van der Waals surface area contributed by atoms with E-state index in [1.54, 1.807) is 0 Å². The number of rotatable bonds is 4. The fourth-order valence-corrected chi connectivity index (χ4v) is 5.75. The minimum absolute atomic E-state index is 0.0215. The zero-order valence-electron chi connectivity index (χ0n) is 17.1. The van der Waals surface area contributed by atoms with Gasteiger partial charge in [0.2, 0.25) is 0 Å². The monoisotopic (exact) mass is 402 g/mol. The van der Waals surface area contributed by atoms with Crippen molar-refractivity contribution in [1.29, 1.82) is 0 Å². The Labute approximate surface area is 176 Å². The van der Waals surface area contributed by atoms with Crippen molar-refractivity contribution in [1.82, 2.24) is 14.5 Å². The lowest BCUT2D eigenvalue weighted by Gasteiger charge is -2.32. The van der Waals surface area contributed by atoms with Crippen molar-refractivity contribution in [3.8, 4) is 5.69 Å². The van der Waals surface area contributed by atoms with E-state index in [4.69, 9.17) is 4.99 Å². The molecule has 0 radical (unpaired) electrons. The molecule has 0 amide bonds. The molecule has 3 aromatic rings. The van der Waals surface area contributed by atoms with Gasteiger partial charge < -0.3 is 9.47 Å². The van der Waals surface area contributed by atoms with Gasteiger partial charge in [-0.3, -0.25) is 9.98 Å². The molecule has 4 nitrogen and oxygen atoms in total. The number of amidine groups is 1. The van der Waals surface area contributed by atoms with Crippen LogP contribution in [0, 0.1) is 13.8 Å². The Balaban J connectivity index is 1.63. The number of hydrogen-bond donors (Lipinski definition) is 0. The van der Waals surface area contributed by atoms with Gasteiger partial charge in [0.05, 0.1) is 5.69 Å². The lowest BCUT2D eigenvalue weighted by Crippen LogP contribution is -2.36. The van der Waals surface area contributed by atoms with E-state index in [0.717, 1.165) is 17.9 Å². The zero-order valence-corrected chi connectivity index (χ0v) is 17.9. The molecule has 3 atom stereocenters. The van der Waals surface area contributed by atoms with Crippen LogP contribution in [0.15, 0.2) is 65.9 Å². The summed E-state index contributed by atoms with van der Waals surface area (Å²) in [7, 11) is 0. The van der Waals surface area contributed by atoms with Crippen LogP contribution in [0.4, 0.5) is 0 Å². The average molecular weight is 403 g/mol. The van der Waals surface area contributed by atoms with Crippen LogP contribution in [0.3, 0.4) is 0 Å². The summed E-state index contributed by atoms with van der Waals surface area (Å²) in [4.78, 5) is 12.4. The van der Waals surface area contributed by atoms with E-state index >= 15 is 0 Å². The van der Waals surface area contributed by atoms with Crippen LogP contribution in [0.25, 0.3) is 5.69 Å². The molecule has 0 saturated carbocycles. The van der Waals surface area contributed by atoms with Crippen molar-refractivity contribution in [2.75, 3.05) is 5.75 Å². The van der Waals surface area contributed by atoms with Crippen LogP contribution >= 0.6 is 11.8 Å². The van der Waals surface area contributed by atoms with Crippen LogP contribution in [0.2, 0.25) is 0 Å². The van der Waals surface area contributed by atoms with Crippen molar-refractivity contribution < 1.29 is 0 Å². The van der Waals surface area contributed by atoms with Crippen molar-refractivity contribution >= 4 is 16.9 Å². The third-order valence-corrected chi connectivity index (χ3v) is 7.31. The molecule has 0 unspecified atom stereocenters. The highest BCUT2D eigenvalue weighted by Crippen LogP contribution is 2.48. The number of aryl methyl sites for hydroxylation is 2. The highest BCUT2D eigenvalue weighted by atomic mass is 32.2. The molecule has 0 spiro atoms. The van der Waals surface area contributed by atoms with Gasteiger partial charge in [0.15, 0.2) is 5.17 Å². The highest BCUT2D eigenvalue weighted by molar-refractivity contribution is 8.14. The first kappa shape index (κ1) is 18.5. The second-order valence-corrected chi connectivity index (χ2v) is 8.90. The number of benzene rings is 1. The summed E-state index contributed by atoms with van der Waals surface area (Å²) in [6.07, 6.45) is 5.18. The number of hydrogen-bond acceptors (Lipinski definition) is 4. The molecular formula is C24H26N4S. The minimum atomic E-state index is 0.0215. The van der Waals surface area contributed by atoms with Crippen molar-refractivity contribution in [3.63, 3.8) is 0 Å². The van der Waals surface area contributed by atoms with E-state index in [9.17, 15) is 0 Å². The Morgan fingerprint density at radius 2 is 1.97 bits per heavy atom. The highest BCUT2D eigenvalue weighted by Gasteiger charge is 2.46. The van der Waals surface area contributed by atoms with E-state index in [0.29, 0.717) is 6.04 Å². The number of thioether (sulfide) groups is 1. The molecule has 2 aliphatic heterocycles. The average Bonchev–Trinajstić information content (AvgIpc) is 3.45. The first-order chi connectivity index (χ1) is 14.2. The summed E-state index contributed by atoms with van der Waals surface area (Å²) in [6.45, 7) is 6.62. The molecule has 0 aliphatic carbocycles. The molecule has 2 aliphatic rings. The first-order valence-electron chi connectivity index (χ1n) is 10.3. The maximum Gasteiger partial charge on any atom is 0.160 e. The third kappa shape index (κ3) is 3.08. The van der Waals surface area contributed by atoms with Gasteiger partial charge in [-0.1, -0.05) is 30.8 Å². The lowest BCUT2D eigenvalue weighted by molar-refractivity contribution is 0.249. The summed E-state index contributed by atoms with van der Waals surface area (Å²) in [5.74, 6) is 1.12. The molecular weight excluding hydrogens is 376 g/mol. The molecule has 5 heteroatoms. The molecule has 148 valence electrons. The predicted octanol–water partition coefficient (Wildman–Crippen LogP) is 5.47. The Bertz CT molecular complexity index is 1060. The van der Waals surface area contributed by atoms with E-state index < -0.39 is 0 Å². The quantitative estimate of drug-likeness (QED) is 0.580. The summed E-state index contributed by atoms with van der Waals surface area (Å²) < 4.78 is 2.33. The third-order valence-electron chi connectivity index (χ3n) is 6.18. The maximum absolute atomic E-state index is 5.15. The summed E-state index contributed by atoms with van der Waals surface area (Å²) >= 11 is 1.89. The summed E-state index contributed by atoms with van der Waals surface area (Å²) in [5, 5.41) is 1.17. The lowest BCUT2D eigenvalue weighted by atomic mass is 9.99. The number of nitrogens with zero attached hydrogens (tertiary/aromatic N) is 4. The predicted molar refractivity (Wildman–Crippen MR) is 121 cm³/mol. The summed E-state index contributed by atoms with van der Waals surface area (Å²) in [5.41, 5.74) is 6.17. The van der Waals surface area contributed by atoms with Gasteiger partial charge >= 0.3 is 0 Å². The molecule has 1 saturated heterocycles. The number of pyridine rings is 1. The molecule has 0 bridgehead atoms. The second kappa shape index (κ2) is 7.38. The largest absolute Gasteiger partial charge is 0.337 e. The van der Waals surface area contributed by atoms with Gasteiger partial charge in [-0.15, -0.1) is 0 Å². The van der Waals surface area contributed by atoms with Gasteiger partial charge in [-0.2, -0.15) is 0 Å². The fraction of sp³-hybridized carbons (Fsp3) is 0.333. The number of aromatic nitrogens is 2. The molecule has 1 fully saturated rings. The Morgan fingerprint density at radius 3 is 2.72 bits per heavy atom. The number of fused-ring (bicyclic) bond motifs is 1. The normalized spacial score (nSPS) is 23.3. The van der Waals surface area contributed by atoms with Gasteiger partial charge in [0.1, 0.15) is 12.1 Å². The van der Waals surface area contributed by atoms with Crippen LogP contribution in [0.1, 0.15) is 47.9 Å². The fourth-order valence-electron chi connectivity index (χ4n) is 4.42. The standard InChI is InChI=1S/C24H26N4S/c1-4-18-15-29-24-26-22(20-8-5-6-12-25-20)23(28(18)24)21-9-7-13-27(21)19-11-10-16(2)17(3)14-19/h5-14,18,22-23H,4,15H2,1-3H3/t18-,22+,23+/m1/s1. The van der Waals surface area contributed by atoms with Crippen molar-refractivity contribution in [2.24, 2.45) is 4.99 Å². The zero-order chi connectivity index (χ0) is 20.0. The topological polar surface area (TPSA) is 33.4 Å². The summed E-state index contributed by atoms with van der Waals surface area (Å²) in [6, 6.07) is 18.0. The van der Waals surface area contributed by atoms with E-state index in [1.807, 2.05) is 24.0 Å². The second-order valence-electron chi connectivity index (χ2n) is 7.91. The van der Waals surface area contributed by atoms with Gasteiger partial charge in [0, 0.05) is 35.6 Å². The number of aliphatic imine (C=N–C) groups is 1. The minimum Gasteiger partial charge on any atom is -0.337 e. The van der Waals surface area contributed by atoms with Crippen LogP contribution in [-0.2, 0) is 0 Å². The van der Waals surface area contributed by atoms with E-state index in [1.165, 1.54) is 27.7 Å². The molecule has 5 rings (SSSR count). The Hall–Kier alpha value is -2.53.